The van der Waals surface area contributed by atoms with Crippen molar-refractivity contribution in [2.24, 2.45) is 5.10 Å². The Labute approximate surface area is 152 Å². The van der Waals surface area contributed by atoms with Gasteiger partial charge in [0.05, 0.1) is 19.9 Å². The zero-order chi connectivity index (χ0) is 18.2. The fourth-order valence-electron chi connectivity index (χ4n) is 1.82. The molecule has 0 aliphatic rings. The molecule has 8 heteroatoms. The number of methoxy groups -OCH3 is 1. The maximum atomic E-state index is 12.8. The number of rotatable bonds is 6. The normalized spacial score (nSPS) is 10.5. The fraction of sp³-hybridized carbons (Fsp3) is 0.118. The zero-order valence-corrected chi connectivity index (χ0v) is 14.8. The van der Waals surface area contributed by atoms with Crippen LogP contribution in [0, 0.1) is 5.82 Å². The van der Waals surface area contributed by atoms with E-state index >= 15 is 0 Å². The van der Waals surface area contributed by atoms with Crippen molar-refractivity contribution in [2.45, 2.75) is 0 Å². The number of ether oxygens (including phenoxy) is 1. The van der Waals surface area contributed by atoms with Gasteiger partial charge in [-0.05, 0) is 42.5 Å². The van der Waals surface area contributed by atoms with Crippen LogP contribution in [0.4, 0.5) is 4.39 Å². The highest BCUT2D eigenvalue weighted by atomic mass is 79.9. The molecule has 0 unspecified atom stereocenters. The van der Waals surface area contributed by atoms with Gasteiger partial charge in [-0.1, -0.05) is 15.9 Å². The SMILES string of the molecule is COc1ccc(Br)c(/C=N\NC(=O)CNC(=O)c2ccc(F)cc2)c1. The van der Waals surface area contributed by atoms with Crippen LogP contribution in [0.5, 0.6) is 5.75 Å². The maximum absolute atomic E-state index is 12.8. The van der Waals surface area contributed by atoms with Crippen molar-refractivity contribution >= 4 is 34.0 Å². The van der Waals surface area contributed by atoms with Crippen LogP contribution in [0.3, 0.4) is 0 Å². The highest BCUT2D eigenvalue weighted by molar-refractivity contribution is 9.10. The number of hydrogen-bond acceptors (Lipinski definition) is 4. The van der Waals surface area contributed by atoms with Crippen molar-refractivity contribution in [2.75, 3.05) is 13.7 Å². The van der Waals surface area contributed by atoms with Crippen LogP contribution in [0.15, 0.2) is 52.0 Å². The Morgan fingerprint density at radius 1 is 1.24 bits per heavy atom. The van der Waals surface area contributed by atoms with E-state index < -0.39 is 17.6 Å². The van der Waals surface area contributed by atoms with Gasteiger partial charge in [-0.25, -0.2) is 9.82 Å². The summed E-state index contributed by atoms with van der Waals surface area (Å²) in [6.07, 6.45) is 1.45. The molecule has 25 heavy (non-hydrogen) atoms. The van der Waals surface area contributed by atoms with Gasteiger partial charge in [0, 0.05) is 15.6 Å². The molecule has 2 rings (SSSR count). The third kappa shape index (κ3) is 5.68. The minimum absolute atomic E-state index is 0.257. The second-order valence-corrected chi connectivity index (χ2v) is 5.72. The Hall–Kier alpha value is -2.74. The van der Waals surface area contributed by atoms with E-state index in [9.17, 15) is 14.0 Å². The number of hydrazone groups is 1. The third-order valence-electron chi connectivity index (χ3n) is 3.11. The number of benzene rings is 2. The summed E-state index contributed by atoms with van der Waals surface area (Å²) in [7, 11) is 1.55. The van der Waals surface area contributed by atoms with Crippen molar-refractivity contribution in [3.63, 3.8) is 0 Å². The fourth-order valence-corrected chi connectivity index (χ4v) is 2.17. The van der Waals surface area contributed by atoms with E-state index in [0.29, 0.717) is 5.75 Å². The highest BCUT2D eigenvalue weighted by Gasteiger charge is 2.07. The van der Waals surface area contributed by atoms with Crippen LogP contribution in [0.2, 0.25) is 0 Å². The molecular weight excluding hydrogens is 393 g/mol. The Bertz CT molecular complexity index is 794. The zero-order valence-electron chi connectivity index (χ0n) is 13.3. The molecule has 0 radical (unpaired) electrons. The minimum Gasteiger partial charge on any atom is -0.497 e. The van der Waals surface area contributed by atoms with E-state index in [2.05, 4.69) is 31.8 Å². The average Bonchev–Trinajstić information content (AvgIpc) is 2.62. The number of nitrogens with one attached hydrogen (secondary N) is 2. The number of carbonyl (C=O) groups is 2. The van der Waals surface area contributed by atoms with Gasteiger partial charge in [-0.2, -0.15) is 5.10 Å². The molecule has 0 fully saturated rings. The first-order valence-electron chi connectivity index (χ1n) is 7.19. The molecule has 0 heterocycles. The Balaban J connectivity index is 1.84. The lowest BCUT2D eigenvalue weighted by Crippen LogP contribution is -2.34. The maximum Gasteiger partial charge on any atom is 0.259 e. The smallest absolute Gasteiger partial charge is 0.259 e. The summed E-state index contributed by atoms with van der Waals surface area (Å²) in [4.78, 5) is 23.5. The molecule has 0 aliphatic heterocycles. The molecular formula is C17H15BrFN3O3. The van der Waals surface area contributed by atoms with Crippen molar-refractivity contribution in [1.29, 1.82) is 0 Å². The molecule has 0 saturated heterocycles. The molecule has 0 bridgehead atoms. The second-order valence-electron chi connectivity index (χ2n) is 4.87. The lowest BCUT2D eigenvalue weighted by atomic mass is 10.2. The molecule has 2 aromatic carbocycles. The first kappa shape index (κ1) is 18.6. The van der Waals surface area contributed by atoms with Gasteiger partial charge >= 0.3 is 0 Å². The largest absolute Gasteiger partial charge is 0.497 e. The summed E-state index contributed by atoms with van der Waals surface area (Å²) in [6, 6.07) is 10.3. The van der Waals surface area contributed by atoms with Gasteiger partial charge in [0.25, 0.3) is 11.8 Å². The third-order valence-corrected chi connectivity index (χ3v) is 3.83. The first-order valence-corrected chi connectivity index (χ1v) is 7.98. The quantitative estimate of drug-likeness (QED) is 0.570. The molecule has 0 aliphatic carbocycles. The van der Waals surface area contributed by atoms with E-state index in [1.165, 1.54) is 30.5 Å². The van der Waals surface area contributed by atoms with E-state index in [1.807, 2.05) is 0 Å². The number of amides is 2. The van der Waals surface area contributed by atoms with Gasteiger partial charge in [0.2, 0.25) is 0 Å². The van der Waals surface area contributed by atoms with Crippen LogP contribution in [0.25, 0.3) is 0 Å². The summed E-state index contributed by atoms with van der Waals surface area (Å²) in [5.41, 5.74) is 3.29. The van der Waals surface area contributed by atoms with Crippen molar-refractivity contribution in [1.82, 2.24) is 10.7 Å². The molecule has 0 aromatic heterocycles. The lowest BCUT2D eigenvalue weighted by molar-refractivity contribution is -0.120. The molecule has 6 nitrogen and oxygen atoms in total. The first-order chi connectivity index (χ1) is 12.0. The van der Waals surface area contributed by atoms with Crippen molar-refractivity contribution < 1.29 is 18.7 Å². The predicted molar refractivity (Wildman–Crippen MR) is 95.2 cm³/mol. The van der Waals surface area contributed by atoms with E-state index in [0.717, 1.165) is 10.0 Å². The number of carbonyl (C=O) groups excluding carboxylic acids is 2. The topological polar surface area (TPSA) is 79.8 Å². The van der Waals surface area contributed by atoms with Crippen LogP contribution in [-0.4, -0.2) is 31.7 Å². The van der Waals surface area contributed by atoms with Crippen LogP contribution in [0.1, 0.15) is 15.9 Å². The predicted octanol–water partition coefficient (Wildman–Crippen LogP) is 2.48. The highest BCUT2D eigenvalue weighted by Crippen LogP contribution is 2.20. The van der Waals surface area contributed by atoms with Crippen LogP contribution in [-0.2, 0) is 4.79 Å². The molecule has 0 spiro atoms. The van der Waals surface area contributed by atoms with Gasteiger partial charge in [0.15, 0.2) is 0 Å². The van der Waals surface area contributed by atoms with E-state index in [-0.39, 0.29) is 12.1 Å². The molecule has 0 atom stereocenters. The van der Waals surface area contributed by atoms with Gasteiger partial charge < -0.3 is 10.1 Å². The molecule has 0 saturated carbocycles. The van der Waals surface area contributed by atoms with Crippen molar-refractivity contribution in [3.8, 4) is 5.75 Å². The Morgan fingerprint density at radius 2 is 1.96 bits per heavy atom. The van der Waals surface area contributed by atoms with E-state index in [1.54, 1.807) is 25.3 Å². The molecule has 130 valence electrons. The standard InChI is InChI=1S/C17H15BrFN3O3/c1-25-14-6-7-15(18)12(8-14)9-21-22-16(23)10-20-17(24)11-2-4-13(19)5-3-11/h2-9H,10H2,1H3,(H,20,24)(H,22,23)/b21-9-. The monoisotopic (exact) mass is 407 g/mol. The molecule has 2 amide bonds. The average molecular weight is 408 g/mol. The number of hydrogen-bond donors (Lipinski definition) is 2. The summed E-state index contributed by atoms with van der Waals surface area (Å²) in [5, 5.41) is 6.25. The Morgan fingerprint density at radius 3 is 2.64 bits per heavy atom. The molecule has 2 aromatic rings. The summed E-state index contributed by atoms with van der Waals surface area (Å²) in [5.74, 6) is -0.754. The Kier molecular flexibility index (Phi) is 6.64. The van der Waals surface area contributed by atoms with Crippen LogP contribution >= 0.6 is 15.9 Å². The number of halogens is 2. The number of nitrogens with zero attached hydrogens (tertiary/aromatic N) is 1. The van der Waals surface area contributed by atoms with Crippen LogP contribution < -0.4 is 15.5 Å². The lowest BCUT2D eigenvalue weighted by Gasteiger charge is -2.05. The van der Waals surface area contributed by atoms with Crippen molar-refractivity contribution in [3.05, 3.63) is 63.9 Å². The summed E-state index contributed by atoms with van der Waals surface area (Å²) in [6.45, 7) is -0.257. The van der Waals surface area contributed by atoms with Gasteiger partial charge in [-0.15, -0.1) is 0 Å². The summed E-state index contributed by atoms with van der Waals surface area (Å²) >= 11 is 3.36. The summed E-state index contributed by atoms with van der Waals surface area (Å²) < 4.78 is 18.7. The minimum atomic E-state index is -0.495. The van der Waals surface area contributed by atoms with E-state index in [4.69, 9.17) is 4.74 Å². The van der Waals surface area contributed by atoms with Gasteiger partial charge in [-0.3, -0.25) is 9.59 Å². The van der Waals surface area contributed by atoms with Gasteiger partial charge in [0.1, 0.15) is 11.6 Å². The second kappa shape index (κ2) is 8.93. The molecule has 2 N–H and O–H groups in total.